The molecule has 0 spiro atoms. The molecule has 1 saturated heterocycles. The summed E-state index contributed by atoms with van der Waals surface area (Å²) in [7, 11) is -1.48. The zero-order valence-electron chi connectivity index (χ0n) is 12.2. The maximum atomic E-state index is 12.3. The van der Waals surface area contributed by atoms with Crippen molar-refractivity contribution in [1.82, 2.24) is 10.0 Å². The summed E-state index contributed by atoms with van der Waals surface area (Å²) in [5.41, 5.74) is 1.14. The first kappa shape index (κ1) is 17.1. The summed E-state index contributed by atoms with van der Waals surface area (Å²) in [4.78, 5) is 0.351. The fourth-order valence-electron chi connectivity index (χ4n) is 2.05. The predicted octanol–water partition coefficient (Wildman–Crippen LogP) is 1.58. The van der Waals surface area contributed by atoms with E-state index in [1.54, 1.807) is 12.1 Å². The highest BCUT2D eigenvalue weighted by atomic mass is 32.2. The summed E-state index contributed by atoms with van der Waals surface area (Å²) < 4.78 is 27.3. The summed E-state index contributed by atoms with van der Waals surface area (Å²) in [5.74, 6) is 3.30. The molecule has 0 bridgehead atoms. The summed E-state index contributed by atoms with van der Waals surface area (Å²) >= 11 is 3.75. The van der Waals surface area contributed by atoms with E-state index in [2.05, 4.69) is 10.0 Å². The third-order valence-electron chi connectivity index (χ3n) is 3.28. The molecule has 1 atom stereocenters. The van der Waals surface area contributed by atoms with Crippen molar-refractivity contribution in [3.63, 3.8) is 0 Å². The van der Waals surface area contributed by atoms with Crippen molar-refractivity contribution in [2.45, 2.75) is 16.6 Å². The molecule has 0 saturated carbocycles. The Bertz CT molecular complexity index is 526. The van der Waals surface area contributed by atoms with E-state index < -0.39 is 10.0 Å². The summed E-state index contributed by atoms with van der Waals surface area (Å²) in [5, 5.41) is 3.47. The first-order valence-electron chi connectivity index (χ1n) is 7.04. The third kappa shape index (κ3) is 5.49. The molecular weight excluding hydrogens is 324 g/mol. The summed E-state index contributed by atoms with van der Waals surface area (Å²) in [6.45, 7) is 1.41. The zero-order valence-corrected chi connectivity index (χ0v) is 14.6. The largest absolute Gasteiger partial charge is 0.319 e. The highest BCUT2D eigenvalue weighted by Crippen LogP contribution is 2.23. The average molecular weight is 347 g/mol. The predicted molar refractivity (Wildman–Crippen MR) is 92.8 cm³/mol. The zero-order chi connectivity index (χ0) is 15.1. The van der Waals surface area contributed by atoms with E-state index in [1.807, 2.05) is 42.7 Å². The van der Waals surface area contributed by atoms with E-state index in [0.717, 1.165) is 30.0 Å². The lowest BCUT2D eigenvalue weighted by Gasteiger charge is -2.21. The minimum absolute atomic E-state index is 0.351. The van der Waals surface area contributed by atoms with E-state index >= 15 is 0 Å². The average Bonchev–Trinajstić information content (AvgIpc) is 2.52. The third-order valence-corrected chi connectivity index (χ3v) is 7.57. The Kier molecular flexibility index (Phi) is 6.88. The van der Waals surface area contributed by atoms with Gasteiger partial charge in [0.1, 0.15) is 0 Å². The van der Waals surface area contributed by atoms with E-state index in [-0.39, 0.29) is 0 Å². The number of hydrogen-bond acceptors (Lipinski definition) is 5. The maximum absolute atomic E-state index is 12.3. The quantitative estimate of drug-likeness (QED) is 0.785. The monoisotopic (exact) mass is 346 g/mol. The van der Waals surface area contributed by atoms with Crippen LogP contribution in [0.25, 0.3) is 0 Å². The second-order valence-electron chi connectivity index (χ2n) is 4.92. The van der Waals surface area contributed by atoms with Crippen molar-refractivity contribution in [3.05, 3.63) is 29.8 Å². The smallest absolute Gasteiger partial charge is 0.240 e. The molecular formula is C14H22N2O2S3. The van der Waals surface area contributed by atoms with Crippen LogP contribution in [-0.2, 0) is 16.4 Å². The van der Waals surface area contributed by atoms with Gasteiger partial charge in [-0.15, -0.1) is 0 Å². The van der Waals surface area contributed by atoms with Crippen LogP contribution in [0.1, 0.15) is 5.56 Å². The minimum atomic E-state index is -3.39. The number of sulfonamides is 1. The van der Waals surface area contributed by atoms with Gasteiger partial charge in [0.25, 0.3) is 0 Å². The van der Waals surface area contributed by atoms with Gasteiger partial charge in [-0.2, -0.15) is 23.5 Å². The van der Waals surface area contributed by atoms with Crippen molar-refractivity contribution in [3.8, 4) is 0 Å². The lowest BCUT2D eigenvalue weighted by molar-refractivity contribution is 0.581. The van der Waals surface area contributed by atoms with Gasteiger partial charge in [-0.05, 0) is 37.7 Å². The van der Waals surface area contributed by atoms with Crippen LogP contribution >= 0.6 is 23.5 Å². The van der Waals surface area contributed by atoms with E-state index in [0.29, 0.717) is 16.7 Å². The van der Waals surface area contributed by atoms with Gasteiger partial charge in [-0.3, -0.25) is 0 Å². The molecule has 21 heavy (non-hydrogen) atoms. The van der Waals surface area contributed by atoms with Crippen LogP contribution in [0.2, 0.25) is 0 Å². The van der Waals surface area contributed by atoms with Crippen molar-refractivity contribution >= 4 is 33.5 Å². The van der Waals surface area contributed by atoms with E-state index in [1.165, 1.54) is 5.75 Å². The van der Waals surface area contributed by atoms with E-state index in [9.17, 15) is 8.42 Å². The van der Waals surface area contributed by atoms with Gasteiger partial charge in [0.15, 0.2) is 0 Å². The van der Waals surface area contributed by atoms with Gasteiger partial charge in [0.05, 0.1) is 4.90 Å². The standard InChI is InChI=1S/C14H22N2O2S3/c1-15-7-6-12-2-4-14(5-3-12)21(17,18)16-10-13-11-19-8-9-20-13/h2-5,13,15-16H,6-11H2,1H3. The SMILES string of the molecule is CNCCc1ccc(S(=O)(=O)NCC2CSCCS2)cc1. The molecule has 1 heterocycles. The van der Waals surface area contributed by atoms with Gasteiger partial charge < -0.3 is 5.32 Å². The van der Waals surface area contributed by atoms with Crippen LogP contribution < -0.4 is 10.0 Å². The van der Waals surface area contributed by atoms with Crippen LogP contribution in [0.15, 0.2) is 29.2 Å². The first-order valence-corrected chi connectivity index (χ1v) is 10.7. The first-order chi connectivity index (χ1) is 10.1. The Balaban J connectivity index is 1.91. The highest BCUT2D eigenvalue weighted by Gasteiger charge is 2.19. The number of benzene rings is 1. The maximum Gasteiger partial charge on any atom is 0.240 e. The normalized spacial score (nSPS) is 19.6. The minimum Gasteiger partial charge on any atom is -0.319 e. The van der Waals surface area contributed by atoms with Crippen LogP contribution in [-0.4, -0.2) is 51.1 Å². The molecule has 4 nitrogen and oxygen atoms in total. The lowest BCUT2D eigenvalue weighted by atomic mass is 10.1. The molecule has 1 aliphatic rings. The van der Waals surface area contributed by atoms with Crippen LogP contribution in [0.4, 0.5) is 0 Å². The van der Waals surface area contributed by atoms with Gasteiger partial charge in [0, 0.05) is 29.1 Å². The summed E-state index contributed by atoms with van der Waals surface area (Å²) in [6, 6.07) is 7.15. The highest BCUT2D eigenvalue weighted by molar-refractivity contribution is 8.06. The molecule has 0 radical (unpaired) electrons. The summed E-state index contributed by atoms with van der Waals surface area (Å²) in [6.07, 6.45) is 0.903. The topological polar surface area (TPSA) is 58.2 Å². The van der Waals surface area contributed by atoms with Crippen molar-refractivity contribution in [2.75, 3.05) is 37.4 Å². The molecule has 2 rings (SSSR count). The number of hydrogen-bond donors (Lipinski definition) is 2. The molecule has 0 amide bonds. The molecule has 1 unspecified atom stereocenters. The van der Waals surface area contributed by atoms with Gasteiger partial charge in [-0.1, -0.05) is 12.1 Å². The molecule has 1 aromatic rings. The van der Waals surface area contributed by atoms with Crippen LogP contribution in [0.5, 0.6) is 0 Å². The number of likely N-dealkylation sites (N-methyl/N-ethyl adjacent to an activating group) is 1. The molecule has 0 aromatic heterocycles. The van der Waals surface area contributed by atoms with Gasteiger partial charge >= 0.3 is 0 Å². The van der Waals surface area contributed by atoms with Gasteiger partial charge in [0.2, 0.25) is 10.0 Å². The molecule has 1 aliphatic heterocycles. The fourth-order valence-corrected chi connectivity index (χ4v) is 5.84. The molecule has 7 heteroatoms. The number of thioether (sulfide) groups is 2. The fraction of sp³-hybridized carbons (Fsp3) is 0.571. The van der Waals surface area contributed by atoms with Crippen molar-refractivity contribution in [2.24, 2.45) is 0 Å². The number of rotatable bonds is 7. The van der Waals surface area contributed by atoms with Crippen LogP contribution in [0, 0.1) is 0 Å². The molecule has 118 valence electrons. The lowest BCUT2D eigenvalue weighted by Crippen LogP contribution is -2.33. The Labute approximate surface area is 135 Å². The Morgan fingerprint density at radius 3 is 2.62 bits per heavy atom. The van der Waals surface area contributed by atoms with E-state index in [4.69, 9.17) is 0 Å². The van der Waals surface area contributed by atoms with Crippen molar-refractivity contribution in [1.29, 1.82) is 0 Å². The molecule has 0 aliphatic carbocycles. The Hall–Kier alpha value is -0.210. The Morgan fingerprint density at radius 2 is 2.00 bits per heavy atom. The molecule has 2 N–H and O–H groups in total. The van der Waals surface area contributed by atoms with Gasteiger partial charge in [-0.25, -0.2) is 13.1 Å². The van der Waals surface area contributed by atoms with Crippen LogP contribution in [0.3, 0.4) is 0 Å². The Morgan fingerprint density at radius 1 is 1.24 bits per heavy atom. The second kappa shape index (κ2) is 8.43. The molecule has 1 fully saturated rings. The number of nitrogens with one attached hydrogen (secondary N) is 2. The van der Waals surface area contributed by atoms with Crippen molar-refractivity contribution < 1.29 is 8.42 Å². The molecule has 1 aromatic carbocycles. The second-order valence-corrected chi connectivity index (χ2v) is 9.24.